The molecule has 0 aliphatic carbocycles. The van der Waals surface area contributed by atoms with Gasteiger partial charge in [-0.1, -0.05) is 0 Å². The number of benzene rings is 1. The Balaban J connectivity index is 1.30. The lowest BCUT2D eigenvalue weighted by atomic mass is 10.2. The monoisotopic (exact) mass is 359 g/mol. The van der Waals surface area contributed by atoms with E-state index in [0.29, 0.717) is 13.2 Å². The average Bonchev–Trinajstić information content (AvgIpc) is 3.15. The molecule has 0 atom stereocenters. The molecule has 4 rings (SSSR count). The van der Waals surface area contributed by atoms with Gasteiger partial charge in [-0.3, -0.25) is 4.90 Å². The Labute approximate surface area is 152 Å². The first-order valence-electron chi connectivity index (χ1n) is 8.48. The lowest BCUT2D eigenvalue weighted by Crippen LogP contribution is -2.49. The Kier molecular flexibility index (Phi) is 4.76. The van der Waals surface area contributed by atoms with Crippen molar-refractivity contribution < 1.29 is 13.9 Å². The molecule has 0 amide bonds. The van der Waals surface area contributed by atoms with E-state index in [4.69, 9.17) is 26.1 Å². The lowest BCUT2D eigenvalue weighted by molar-refractivity contribution is 0.166. The Hall–Kier alpha value is -2.25. The molecule has 1 saturated heterocycles. The van der Waals surface area contributed by atoms with Crippen molar-refractivity contribution in [2.45, 2.75) is 6.54 Å². The Morgan fingerprint density at radius 1 is 1.04 bits per heavy atom. The molecule has 2 aliphatic heterocycles. The summed E-state index contributed by atoms with van der Waals surface area (Å²) in [5.41, 5.74) is 0.923. The molecule has 25 heavy (non-hydrogen) atoms. The topological polar surface area (TPSA) is 50.1 Å². The van der Waals surface area contributed by atoms with Gasteiger partial charge in [0.1, 0.15) is 19.0 Å². The summed E-state index contributed by atoms with van der Waals surface area (Å²) in [5, 5.41) is 4.05. The smallest absolute Gasteiger partial charge is 0.173 e. The summed E-state index contributed by atoms with van der Waals surface area (Å²) in [5.74, 6) is 2.56. The predicted octanol–water partition coefficient (Wildman–Crippen LogP) is 2.57. The number of piperazine rings is 1. The molecule has 0 spiro atoms. The van der Waals surface area contributed by atoms with Crippen LogP contribution in [0.3, 0.4) is 0 Å². The molecule has 1 aromatic heterocycles. The van der Waals surface area contributed by atoms with Crippen molar-refractivity contribution in [1.82, 2.24) is 9.80 Å². The summed E-state index contributed by atoms with van der Waals surface area (Å²) in [4.78, 5) is 4.58. The Morgan fingerprint density at radius 2 is 1.84 bits per heavy atom. The van der Waals surface area contributed by atoms with Crippen LogP contribution in [0.2, 0.25) is 0 Å². The van der Waals surface area contributed by atoms with Gasteiger partial charge >= 0.3 is 0 Å². The van der Waals surface area contributed by atoms with Crippen LogP contribution in [0.4, 0.5) is 5.69 Å². The summed E-state index contributed by atoms with van der Waals surface area (Å²) in [6, 6.07) is 9.76. The van der Waals surface area contributed by atoms with Crippen molar-refractivity contribution in [3.8, 4) is 11.5 Å². The zero-order valence-corrected chi connectivity index (χ0v) is 14.8. The number of hydrogen-bond acceptors (Lipinski definition) is 5. The fourth-order valence-electron chi connectivity index (χ4n) is 3.06. The fourth-order valence-corrected chi connectivity index (χ4v) is 3.36. The first kappa shape index (κ1) is 16.2. The van der Waals surface area contributed by atoms with E-state index in [0.717, 1.165) is 60.8 Å². The zero-order chi connectivity index (χ0) is 17.1. The Bertz CT molecular complexity index is 727. The molecular formula is C18H21N3O3S. The number of nitrogens with zero attached hydrogens (tertiary/aromatic N) is 2. The molecular weight excluding hydrogens is 338 g/mol. The van der Waals surface area contributed by atoms with Gasteiger partial charge in [0.25, 0.3) is 0 Å². The van der Waals surface area contributed by atoms with Gasteiger partial charge in [-0.25, -0.2) is 0 Å². The van der Waals surface area contributed by atoms with Crippen LogP contribution in [0.15, 0.2) is 41.0 Å². The van der Waals surface area contributed by atoms with Gasteiger partial charge in [0.05, 0.1) is 12.8 Å². The third kappa shape index (κ3) is 3.88. The number of anilines is 1. The standard InChI is InChI=1S/C18H21N3O3S/c25-18(19-14-3-4-16-17(12-14)24-11-10-23-16)21-7-5-20(6-8-21)13-15-2-1-9-22-15/h1-4,9,12H,5-8,10-11,13H2,(H,19,25). The molecule has 1 N–H and O–H groups in total. The van der Waals surface area contributed by atoms with Gasteiger partial charge in [-0.2, -0.15) is 0 Å². The van der Waals surface area contributed by atoms with Crippen molar-refractivity contribution >= 4 is 23.0 Å². The second-order valence-corrected chi connectivity index (χ2v) is 6.52. The van der Waals surface area contributed by atoms with Crippen LogP contribution in [0, 0.1) is 0 Å². The molecule has 7 heteroatoms. The second-order valence-electron chi connectivity index (χ2n) is 6.13. The number of rotatable bonds is 3. The number of ether oxygens (including phenoxy) is 2. The number of hydrogen-bond donors (Lipinski definition) is 1. The molecule has 0 saturated carbocycles. The molecule has 2 aromatic rings. The van der Waals surface area contributed by atoms with E-state index in [9.17, 15) is 0 Å². The highest BCUT2D eigenvalue weighted by atomic mass is 32.1. The van der Waals surface area contributed by atoms with Gasteiger partial charge in [-0.15, -0.1) is 0 Å². The molecule has 0 radical (unpaired) electrons. The number of thiocarbonyl (C=S) groups is 1. The van der Waals surface area contributed by atoms with Crippen LogP contribution in [0.25, 0.3) is 0 Å². The maximum Gasteiger partial charge on any atom is 0.173 e. The summed E-state index contributed by atoms with van der Waals surface area (Å²) in [6.07, 6.45) is 1.72. The van der Waals surface area contributed by atoms with Crippen molar-refractivity contribution in [1.29, 1.82) is 0 Å². The largest absolute Gasteiger partial charge is 0.486 e. The summed E-state index contributed by atoms with van der Waals surface area (Å²) < 4.78 is 16.6. The Morgan fingerprint density at radius 3 is 2.60 bits per heavy atom. The SMILES string of the molecule is S=C(Nc1ccc2c(c1)OCCO2)N1CCN(Cc2ccco2)CC1. The first-order valence-corrected chi connectivity index (χ1v) is 8.89. The minimum absolute atomic E-state index is 0.582. The van der Waals surface area contributed by atoms with Crippen molar-refractivity contribution in [2.24, 2.45) is 0 Å². The summed E-state index contributed by atoms with van der Waals surface area (Å²) in [7, 11) is 0. The van der Waals surface area contributed by atoms with Gasteiger partial charge in [0.15, 0.2) is 16.6 Å². The van der Waals surface area contributed by atoms with E-state index < -0.39 is 0 Å². The van der Waals surface area contributed by atoms with E-state index >= 15 is 0 Å². The maximum atomic E-state index is 5.62. The number of nitrogens with one attached hydrogen (secondary N) is 1. The quantitative estimate of drug-likeness (QED) is 0.845. The molecule has 3 heterocycles. The maximum absolute atomic E-state index is 5.62. The van der Waals surface area contributed by atoms with Crippen LogP contribution in [-0.2, 0) is 6.54 Å². The van der Waals surface area contributed by atoms with Crippen LogP contribution in [-0.4, -0.2) is 54.3 Å². The van der Waals surface area contributed by atoms with Crippen LogP contribution in [0.5, 0.6) is 11.5 Å². The molecule has 1 aromatic carbocycles. The van der Waals surface area contributed by atoms with Gasteiger partial charge in [-0.05, 0) is 36.5 Å². The van der Waals surface area contributed by atoms with Gasteiger partial charge < -0.3 is 24.1 Å². The van der Waals surface area contributed by atoms with E-state index in [1.165, 1.54) is 0 Å². The fraction of sp³-hybridized carbons (Fsp3) is 0.389. The molecule has 132 valence electrons. The molecule has 1 fully saturated rings. The highest BCUT2D eigenvalue weighted by Gasteiger charge is 2.20. The highest BCUT2D eigenvalue weighted by Crippen LogP contribution is 2.32. The van der Waals surface area contributed by atoms with E-state index in [-0.39, 0.29) is 0 Å². The van der Waals surface area contributed by atoms with Crippen molar-refractivity contribution in [3.05, 3.63) is 42.4 Å². The van der Waals surface area contributed by atoms with Crippen molar-refractivity contribution in [2.75, 3.05) is 44.7 Å². The normalized spacial score (nSPS) is 17.4. The summed E-state index contributed by atoms with van der Waals surface area (Å²) in [6.45, 7) is 5.75. The number of fused-ring (bicyclic) bond motifs is 1. The molecule has 2 aliphatic rings. The second kappa shape index (κ2) is 7.33. The third-order valence-corrected chi connectivity index (χ3v) is 4.77. The predicted molar refractivity (Wildman–Crippen MR) is 99.2 cm³/mol. The summed E-state index contributed by atoms with van der Waals surface area (Å²) >= 11 is 5.57. The minimum atomic E-state index is 0.582. The first-order chi connectivity index (χ1) is 12.3. The highest BCUT2D eigenvalue weighted by molar-refractivity contribution is 7.80. The van der Waals surface area contributed by atoms with E-state index in [1.807, 2.05) is 30.3 Å². The molecule has 0 unspecified atom stereocenters. The van der Waals surface area contributed by atoms with E-state index in [2.05, 4.69) is 15.1 Å². The zero-order valence-electron chi connectivity index (χ0n) is 13.9. The number of furan rings is 1. The minimum Gasteiger partial charge on any atom is -0.486 e. The molecule has 0 bridgehead atoms. The van der Waals surface area contributed by atoms with Crippen LogP contribution >= 0.6 is 12.2 Å². The lowest BCUT2D eigenvalue weighted by Gasteiger charge is -2.35. The third-order valence-electron chi connectivity index (χ3n) is 4.41. The van der Waals surface area contributed by atoms with Crippen molar-refractivity contribution in [3.63, 3.8) is 0 Å². The average molecular weight is 359 g/mol. The van der Waals surface area contributed by atoms with Gasteiger partial charge in [0.2, 0.25) is 0 Å². The van der Waals surface area contributed by atoms with E-state index in [1.54, 1.807) is 6.26 Å². The molecule has 6 nitrogen and oxygen atoms in total. The van der Waals surface area contributed by atoms with Crippen LogP contribution in [0.1, 0.15) is 5.76 Å². The van der Waals surface area contributed by atoms with Gasteiger partial charge in [0, 0.05) is 37.9 Å². The van der Waals surface area contributed by atoms with Crippen LogP contribution < -0.4 is 14.8 Å².